The van der Waals surface area contributed by atoms with Gasteiger partial charge in [0.2, 0.25) is 11.7 Å². The van der Waals surface area contributed by atoms with Crippen LogP contribution in [0.4, 0.5) is 0 Å². The van der Waals surface area contributed by atoms with Crippen LogP contribution in [-0.2, 0) is 6.42 Å². The van der Waals surface area contributed by atoms with Crippen molar-refractivity contribution in [2.24, 2.45) is 5.92 Å². The minimum absolute atomic E-state index is 0.658. The van der Waals surface area contributed by atoms with Crippen molar-refractivity contribution >= 4 is 0 Å². The molecular formula is C15H20N4O. The fraction of sp³-hybridized carbons (Fsp3) is 0.533. The molecule has 0 saturated carbocycles. The van der Waals surface area contributed by atoms with E-state index in [4.69, 9.17) is 4.52 Å². The first kappa shape index (κ1) is 13.2. The van der Waals surface area contributed by atoms with Gasteiger partial charge in [0.15, 0.2) is 0 Å². The second kappa shape index (κ2) is 5.71. The molecule has 0 radical (unpaired) electrons. The van der Waals surface area contributed by atoms with Crippen LogP contribution in [0.2, 0.25) is 0 Å². The van der Waals surface area contributed by atoms with Crippen LogP contribution in [0, 0.1) is 19.8 Å². The highest BCUT2D eigenvalue weighted by atomic mass is 16.5. The Morgan fingerprint density at radius 2 is 1.85 bits per heavy atom. The van der Waals surface area contributed by atoms with E-state index in [0.29, 0.717) is 11.7 Å². The van der Waals surface area contributed by atoms with E-state index in [2.05, 4.69) is 20.4 Å². The summed E-state index contributed by atoms with van der Waals surface area (Å²) in [4.78, 5) is 8.90. The monoisotopic (exact) mass is 272 g/mol. The molecule has 20 heavy (non-hydrogen) atoms. The number of piperidine rings is 1. The summed E-state index contributed by atoms with van der Waals surface area (Å²) in [6.45, 7) is 6.14. The van der Waals surface area contributed by atoms with E-state index in [9.17, 15) is 0 Å². The molecule has 1 N–H and O–H groups in total. The molecule has 1 saturated heterocycles. The van der Waals surface area contributed by atoms with Gasteiger partial charge in [-0.2, -0.15) is 4.98 Å². The molecule has 1 fully saturated rings. The fourth-order valence-corrected chi connectivity index (χ4v) is 2.75. The van der Waals surface area contributed by atoms with Crippen molar-refractivity contribution in [3.05, 3.63) is 29.4 Å². The molecular weight excluding hydrogens is 252 g/mol. The van der Waals surface area contributed by atoms with E-state index in [1.165, 1.54) is 12.8 Å². The summed E-state index contributed by atoms with van der Waals surface area (Å²) in [5.74, 6) is 2.08. The van der Waals surface area contributed by atoms with E-state index in [-0.39, 0.29) is 0 Å². The first-order chi connectivity index (χ1) is 9.70. The first-order valence-electron chi connectivity index (χ1n) is 7.19. The standard InChI is InChI=1S/C15H20N4O/c1-10-7-13(8-11(2)17-10)15-18-14(20-19-15)9-12-3-5-16-6-4-12/h7-8,12,16H,3-6,9H2,1-2H3. The molecule has 3 rings (SSSR count). The van der Waals surface area contributed by atoms with Gasteiger partial charge in [0, 0.05) is 23.4 Å². The summed E-state index contributed by atoms with van der Waals surface area (Å²) in [5, 5.41) is 7.48. The maximum Gasteiger partial charge on any atom is 0.227 e. The van der Waals surface area contributed by atoms with Crippen LogP contribution in [-0.4, -0.2) is 28.2 Å². The van der Waals surface area contributed by atoms with E-state index < -0.39 is 0 Å². The number of rotatable bonds is 3. The molecule has 1 aliphatic rings. The fourth-order valence-electron chi connectivity index (χ4n) is 2.75. The maximum absolute atomic E-state index is 5.40. The van der Waals surface area contributed by atoms with Gasteiger partial charge in [0.1, 0.15) is 0 Å². The molecule has 0 bridgehead atoms. The van der Waals surface area contributed by atoms with Gasteiger partial charge in [-0.15, -0.1) is 0 Å². The third-order valence-corrected chi connectivity index (χ3v) is 3.73. The van der Waals surface area contributed by atoms with Crippen LogP contribution in [0.5, 0.6) is 0 Å². The minimum Gasteiger partial charge on any atom is -0.339 e. The summed E-state index contributed by atoms with van der Waals surface area (Å²) in [7, 11) is 0. The summed E-state index contributed by atoms with van der Waals surface area (Å²) >= 11 is 0. The van der Waals surface area contributed by atoms with Gasteiger partial charge in [-0.25, -0.2) is 0 Å². The van der Waals surface area contributed by atoms with Crippen LogP contribution >= 0.6 is 0 Å². The summed E-state index contributed by atoms with van der Waals surface area (Å²) < 4.78 is 5.40. The van der Waals surface area contributed by atoms with Gasteiger partial charge < -0.3 is 9.84 Å². The molecule has 1 aliphatic heterocycles. The van der Waals surface area contributed by atoms with Crippen molar-refractivity contribution in [2.75, 3.05) is 13.1 Å². The Morgan fingerprint density at radius 1 is 1.15 bits per heavy atom. The molecule has 0 aliphatic carbocycles. The third-order valence-electron chi connectivity index (χ3n) is 3.73. The zero-order chi connectivity index (χ0) is 13.9. The highest BCUT2D eigenvalue weighted by molar-refractivity contribution is 5.55. The molecule has 5 nitrogen and oxygen atoms in total. The van der Waals surface area contributed by atoms with Crippen LogP contribution in [0.1, 0.15) is 30.1 Å². The number of aryl methyl sites for hydroxylation is 2. The number of nitrogens with one attached hydrogen (secondary N) is 1. The molecule has 0 atom stereocenters. The SMILES string of the molecule is Cc1cc(-c2noc(CC3CCNCC3)n2)cc(C)n1. The van der Waals surface area contributed by atoms with Gasteiger partial charge in [-0.05, 0) is 57.8 Å². The predicted octanol–water partition coefficient (Wildman–Crippen LogP) is 2.29. The topological polar surface area (TPSA) is 63.8 Å². The number of hydrogen-bond donors (Lipinski definition) is 1. The Balaban J connectivity index is 1.75. The predicted molar refractivity (Wildman–Crippen MR) is 76.3 cm³/mol. The number of aromatic nitrogens is 3. The number of hydrogen-bond acceptors (Lipinski definition) is 5. The smallest absolute Gasteiger partial charge is 0.227 e. The van der Waals surface area contributed by atoms with Crippen molar-refractivity contribution in [3.8, 4) is 11.4 Å². The number of nitrogens with zero attached hydrogens (tertiary/aromatic N) is 3. The van der Waals surface area contributed by atoms with E-state index in [1.54, 1.807) is 0 Å². The highest BCUT2D eigenvalue weighted by Crippen LogP contribution is 2.21. The lowest BCUT2D eigenvalue weighted by Gasteiger charge is -2.20. The van der Waals surface area contributed by atoms with Gasteiger partial charge in [0.25, 0.3) is 0 Å². The van der Waals surface area contributed by atoms with Crippen molar-refractivity contribution in [3.63, 3.8) is 0 Å². The summed E-state index contributed by atoms with van der Waals surface area (Å²) in [5.41, 5.74) is 2.93. The van der Waals surface area contributed by atoms with Crippen molar-refractivity contribution in [1.82, 2.24) is 20.4 Å². The number of pyridine rings is 1. The second-order valence-corrected chi connectivity index (χ2v) is 5.55. The highest BCUT2D eigenvalue weighted by Gasteiger charge is 2.17. The molecule has 0 spiro atoms. The van der Waals surface area contributed by atoms with Crippen molar-refractivity contribution in [2.45, 2.75) is 33.1 Å². The normalized spacial score (nSPS) is 16.5. The minimum atomic E-state index is 0.658. The van der Waals surface area contributed by atoms with Crippen LogP contribution in [0.3, 0.4) is 0 Å². The first-order valence-corrected chi connectivity index (χ1v) is 7.19. The average Bonchev–Trinajstić information content (AvgIpc) is 2.87. The Bertz CT molecular complexity index is 567. The van der Waals surface area contributed by atoms with Crippen LogP contribution in [0.15, 0.2) is 16.7 Å². The lowest BCUT2D eigenvalue weighted by atomic mass is 9.95. The van der Waals surface area contributed by atoms with E-state index >= 15 is 0 Å². The maximum atomic E-state index is 5.40. The molecule has 106 valence electrons. The van der Waals surface area contributed by atoms with Gasteiger partial charge in [0.05, 0.1) is 0 Å². The molecule has 0 aromatic carbocycles. The largest absolute Gasteiger partial charge is 0.339 e. The Hall–Kier alpha value is -1.75. The van der Waals surface area contributed by atoms with Crippen molar-refractivity contribution < 1.29 is 4.52 Å². The lowest BCUT2D eigenvalue weighted by Crippen LogP contribution is -2.28. The molecule has 0 amide bonds. The quantitative estimate of drug-likeness (QED) is 0.928. The van der Waals surface area contributed by atoms with Crippen LogP contribution in [0.25, 0.3) is 11.4 Å². The Kier molecular flexibility index (Phi) is 3.78. The van der Waals surface area contributed by atoms with E-state index in [1.807, 2.05) is 26.0 Å². The van der Waals surface area contributed by atoms with Crippen LogP contribution < -0.4 is 5.32 Å². The van der Waals surface area contributed by atoms with E-state index in [0.717, 1.165) is 42.4 Å². The zero-order valence-corrected chi connectivity index (χ0v) is 12.0. The average molecular weight is 272 g/mol. The summed E-state index contributed by atoms with van der Waals surface area (Å²) in [6, 6.07) is 3.98. The molecule has 2 aromatic heterocycles. The van der Waals surface area contributed by atoms with Gasteiger partial charge in [-0.1, -0.05) is 5.16 Å². The second-order valence-electron chi connectivity index (χ2n) is 5.55. The lowest BCUT2D eigenvalue weighted by molar-refractivity contribution is 0.313. The Labute approximate surface area is 118 Å². The Morgan fingerprint density at radius 3 is 2.55 bits per heavy atom. The zero-order valence-electron chi connectivity index (χ0n) is 12.0. The summed E-state index contributed by atoms with van der Waals surface area (Å²) in [6.07, 6.45) is 3.26. The van der Waals surface area contributed by atoms with Crippen molar-refractivity contribution in [1.29, 1.82) is 0 Å². The van der Waals surface area contributed by atoms with Gasteiger partial charge in [-0.3, -0.25) is 4.98 Å². The van der Waals surface area contributed by atoms with Gasteiger partial charge >= 0.3 is 0 Å². The molecule has 5 heteroatoms. The molecule has 3 heterocycles. The molecule has 0 unspecified atom stereocenters. The third kappa shape index (κ3) is 3.04. The molecule has 2 aromatic rings.